The Labute approximate surface area is 114 Å². The minimum absolute atomic E-state index is 0.505. The summed E-state index contributed by atoms with van der Waals surface area (Å²) in [6, 6.07) is 0. The maximum absolute atomic E-state index is 6.07. The molecular weight excluding hydrogens is 272 g/mol. The molecule has 18 heavy (non-hydrogen) atoms. The Morgan fingerprint density at radius 1 is 1.50 bits per heavy atom. The van der Waals surface area contributed by atoms with Crippen molar-refractivity contribution in [3.05, 3.63) is 17.5 Å². The van der Waals surface area contributed by atoms with Crippen molar-refractivity contribution in [1.82, 2.24) is 24.7 Å². The van der Waals surface area contributed by atoms with Crippen LogP contribution in [0.15, 0.2) is 22.7 Å². The Morgan fingerprint density at radius 2 is 2.33 bits per heavy atom. The molecule has 0 atom stereocenters. The van der Waals surface area contributed by atoms with Crippen LogP contribution >= 0.6 is 23.4 Å². The molecule has 0 aromatic carbocycles. The summed E-state index contributed by atoms with van der Waals surface area (Å²) in [6.45, 7) is 2.91. The third-order valence-corrected chi connectivity index (χ3v) is 3.55. The minimum Gasteiger partial charge on any atom is -0.354 e. The largest absolute Gasteiger partial charge is 0.354 e. The Hall–Kier alpha value is -1.34. The zero-order chi connectivity index (χ0) is 13.0. The van der Waals surface area contributed by atoms with Gasteiger partial charge in [-0.05, 0) is 18.2 Å². The highest BCUT2D eigenvalue weighted by Crippen LogP contribution is 2.30. The second-order valence-corrected chi connectivity index (χ2v) is 4.96. The summed E-state index contributed by atoms with van der Waals surface area (Å²) >= 11 is 7.43. The van der Waals surface area contributed by atoms with Crippen LogP contribution in [0.25, 0.3) is 0 Å². The lowest BCUT2D eigenvalue weighted by Gasteiger charge is -2.06. The number of rotatable bonds is 5. The highest BCUT2D eigenvalue weighted by Gasteiger charge is 2.10. The van der Waals surface area contributed by atoms with E-state index in [1.165, 1.54) is 11.8 Å². The van der Waals surface area contributed by atoms with Gasteiger partial charge in [0.05, 0.1) is 11.2 Å². The number of aromatic nitrogens is 5. The molecule has 0 unspecified atom stereocenters. The molecule has 0 aliphatic heterocycles. The van der Waals surface area contributed by atoms with Crippen molar-refractivity contribution in [2.24, 2.45) is 7.05 Å². The molecule has 2 aromatic heterocycles. The van der Waals surface area contributed by atoms with Crippen LogP contribution in [-0.4, -0.2) is 31.3 Å². The van der Waals surface area contributed by atoms with Gasteiger partial charge in [-0.3, -0.25) is 0 Å². The Balaban J connectivity index is 2.18. The van der Waals surface area contributed by atoms with E-state index >= 15 is 0 Å². The smallest absolute Gasteiger partial charge is 0.223 e. The predicted octanol–water partition coefficient (Wildman–Crippen LogP) is 2.23. The quantitative estimate of drug-likeness (QED) is 0.849. The van der Waals surface area contributed by atoms with E-state index in [-0.39, 0.29) is 0 Å². The lowest BCUT2D eigenvalue weighted by atomic mass is 10.5. The lowest BCUT2D eigenvalue weighted by Crippen LogP contribution is -2.04. The molecule has 2 heterocycles. The number of hydrogen-bond donors (Lipinski definition) is 1. The number of halogens is 1. The maximum atomic E-state index is 6.07. The van der Waals surface area contributed by atoms with Gasteiger partial charge in [0.15, 0.2) is 5.16 Å². The molecule has 0 saturated carbocycles. The first-order chi connectivity index (χ1) is 8.70. The molecule has 0 aliphatic carbocycles. The molecule has 2 rings (SSSR count). The molecule has 0 bridgehead atoms. The topological polar surface area (TPSA) is 68.5 Å². The minimum atomic E-state index is 0.505. The van der Waals surface area contributed by atoms with E-state index in [0.717, 1.165) is 18.1 Å². The zero-order valence-electron chi connectivity index (χ0n) is 10.1. The summed E-state index contributed by atoms with van der Waals surface area (Å²) in [4.78, 5) is 8.47. The first-order valence-corrected chi connectivity index (χ1v) is 6.68. The second-order valence-electron chi connectivity index (χ2n) is 3.60. The molecular formula is C10H13ClN6S. The van der Waals surface area contributed by atoms with E-state index in [0.29, 0.717) is 16.0 Å². The van der Waals surface area contributed by atoms with Crippen LogP contribution in [0.4, 0.5) is 5.95 Å². The van der Waals surface area contributed by atoms with Gasteiger partial charge in [-0.1, -0.05) is 18.5 Å². The van der Waals surface area contributed by atoms with Gasteiger partial charge in [-0.15, -0.1) is 10.2 Å². The molecule has 0 spiro atoms. The first-order valence-electron chi connectivity index (χ1n) is 5.49. The van der Waals surface area contributed by atoms with Crippen molar-refractivity contribution in [3.63, 3.8) is 0 Å². The van der Waals surface area contributed by atoms with Gasteiger partial charge in [0.25, 0.3) is 0 Å². The second kappa shape index (κ2) is 6.01. The SMILES string of the molecule is CCCNc1ncc(Cl)c(Sc2nncn2C)n1. The monoisotopic (exact) mass is 284 g/mol. The molecule has 1 N–H and O–H groups in total. The molecule has 8 heteroatoms. The van der Waals surface area contributed by atoms with Crippen molar-refractivity contribution >= 4 is 29.3 Å². The summed E-state index contributed by atoms with van der Waals surface area (Å²) in [5, 5.41) is 12.8. The van der Waals surface area contributed by atoms with E-state index in [1.807, 2.05) is 11.6 Å². The fourth-order valence-electron chi connectivity index (χ4n) is 1.20. The van der Waals surface area contributed by atoms with Crippen LogP contribution in [0.1, 0.15) is 13.3 Å². The fraction of sp³-hybridized carbons (Fsp3) is 0.400. The lowest BCUT2D eigenvalue weighted by molar-refractivity contribution is 0.786. The summed E-state index contributed by atoms with van der Waals surface area (Å²) in [7, 11) is 1.87. The van der Waals surface area contributed by atoms with Crippen LogP contribution in [0.5, 0.6) is 0 Å². The van der Waals surface area contributed by atoms with Gasteiger partial charge in [0.2, 0.25) is 5.95 Å². The molecule has 0 amide bonds. The highest BCUT2D eigenvalue weighted by atomic mass is 35.5. The van der Waals surface area contributed by atoms with Crippen molar-refractivity contribution in [2.75, 3.05) is 11.9 Å². The predicted molar refractivity (Wildman–Crippen MR) is 70.9 cm³/mol. The third-order valence-electron chi connectivity index (χ3n) is 2.10. The first kappa shape index (κ1) is 13.1. The summed E-state index contributed by atoms with van der Waals surface area (Å²) in [5.41, 5.74) is 0. The van der Waals surface area contributed by atoms with Crippen LogP contribution in [-0.2, 0) is 7.05 Å². The number of nitrogens with one attached hydrogen (secondary N) is 1. The number of hydrogen-bond acceptors (Lipinski definition) is 6. The molecule has 2 aromatic rings. The molecule has 0 fully saturated rings. The van der Waals surface area contributed by atoms with E-state index < -0.39 is 0 Å². The van der Waals surface area contributed by atoms with Crippen molar-refractivity contribution in [3.8, 4) is 0 Å². The molecule has 0 radical (unpaired) electrons. The molecule has 96 valence electrons. The van der Waals surface area contributed by atoms with Gasteiger partial charge in [0.1, 0.15) is 11.4 Å². The Morgan fingerprint density at radius 3 is 3.00 bits per heavy atom. The summed E-state index contributed by atoms with van der Waals surface area (Å²) in [6.07, 6.45) is 4.23. The normalized spacial score (nSPS) is 10.6. The van der Waals surface area contributed by atoms with Crippen molar-refractivity contribution in [1.29, 1.82) is 0 Å². The van der Waals surface area contributed by atoms with Crippen LogP contribution in [0.3, 0.4) is 0 Å². The van der Waals surface area contributed by atoms with Crippen LogP contribution < -0.4 is 5.32 Å². The van der Waals surface area contributed by atoms with Gasteiger partial charge >= 0.3 is 0 Å². The van der Waals surface area contributed by atoms with Gasteiger partial charge in [0, 0.05) is 13.6 Å². The molecule has 0 saturated heterocycles. The third kappa shape index (κ3) is 3.11. The highest BCUT2D eigenvalue weighted by molar-refractivity contribution is 7.99. The van der Waals surface area contributed by atoms with Crippen LogP contribution in [0, 0.1) is 0 Å². The van der Waals surface area contributed by atoms with E-state index in [1.54, 1.807) is 12.5 Å². The fourth-order valence-corrected chi connectivity index (χ4v) is 2.14. The molecule has 6 nitrogen and oxygen atoms in total. The average molecular weight is 285 g/mol. The van der Waals surface area contributed by atoms with Crippen molar-refractivity contribution < 1.29 is 0 Å². The maximum Gasteiger partial charge on any atom is 0.223 e. The van der Waals surface area contributed by atoms with E-state index in [2.05, 4.69) is 32.4 Å². The van der Waals surface area contributed by atoms with Crippen LogP contribution in [0.2, 0.25) is 5.02 Å². The van der Waals surface area contributed by atoms with Gasteiger partial charge in [-0.2, -0.15) is 0 Å². The number of anilines is 1. The van der Waals surface area contributed by atoms with E-state index in [9.17, 15) is 0 Å². The summed E-state index contributed by atoms with van der Waals surface area (Å²) in [5.74, 6) is 0.575. The van der Waals surface area contributed by atoms with Crippen molar-refractivity contribution in [2.45, 2.75) is 23.5 Å². The van der Waals surface area contributed by atoms with E-state index in [4.69, 9.17) is 11.6 Å². The van der Waals surface area contributed by atoms with Gasteiger partial charge in [-0.25, -0.2) is 9.97 Å². The number of aryl methyl sites for hydroxylation is 1. The zero-order valence-corrected chi connectivity index (χ0v) is 11.7. The molecule has 0 aliphatic rings. The summed E-state index contributed by atoms with van der Waals surface area (Å²) < 4.78 is 1.81. The average Bonchev–Trinajstić information content (AvgIpc) is 2.76. The Bertz CT molecular complexity index is 529. The standard InChI is InChI=1S/C10H13ClN6S/c1-3-4-12-9-13-5-7(11)8(15-9)18-10-16-14-6-17(10)2/h5-6H,3-4H2,1-2H3,(H,12,13,15). The van der Waals surface area contributed by atoms with Gasteiger partial charge < -0.3 is 9.88 Å². The Kier molecular flexibility index (Phi) is 4.38. The number of nitrogens with zero attached hydrogens (tertiary/aromatic N) is 5.